The fraction of sp³-hybridized carbons (Fsp3) is 0.100. The number of rotatable bonds is 1. The summed E-state index contributed by atoms with van der Waals surface area (Å²) < 4.78 is 5.88. The van der Waals surface area contributed by atoms with Gasteiger partial charge < -0.3 is 15.3 Å². The van der Waals surface area contributed by atoms with Crippen LogP contribution in [0.3, 0.4) is 0 Å². The van der Waals surface area contributed by atoms with E-state index in [0.717, 1.165) is 5.56 Å². The van der Waals surface area contributed by atoms with Crippen molar-refractivity contribution in [3.8, 4) is 0 Å². The van der Waals surface area contributed by atoms with E-state index in [2.05, 4.69) is 15.9 Å². The maximum absolute atomic E-state index is 10.8. The number of carboxylic acids is 1. The third-order valence-corrected chi connectivity index (χ3v) is 2.71. The normalized spacial score (nSPS) is 10.8. The van der Waals surface area contributed by atoms with E-state index in [9.17, 15) is 4.79 Å². The molecule has 4 nitrogen and oxygen atoms in total. The van der Waals surface area contributed by atoms with Gasteiger partial charge in [-0.15, -0.1) is 0 Å². The second-order valence-electron chi connectivity index (χ2n) is 3.27. The van der Waals surface area contributed by atoms with Crippen molar-refractivity contribution >= 4 is 38.6 Å². The molecular formula is C10H8BrNO3. The molecule has 0 saturated carbocycles. The molecular weight excluding hydrogens is 262 g/mol. The minimum Gasteiger partial charge on any atom is -0.475 e. The summed E-state index contributed by atoms with van der Waals surface area (Å²) in [5.74, 6) is -1.37. The number of hydrogen-bond donors (Lipinski definition) is 2. The highest BCUT2D eigenvalue weighted by molar-refractivity contribution is 9.10. The average Bonchev–Trinajstić information content (AvgIpc) is 2.44. The number of anilines is 1. The number of hydrogen-bond acceptors (Lipinski definition) is 3. The van der Waals surface area contributed by atoms with Gasteiger partial charge in [-0.25, -0.2) is 4.79 Å². The second kappa shape index (κ2) is 3.27. The zero-order valence-corrected chi connectivity index (χ0v) is 9.46. The van der Waals surface area contributed by atoms with Gasteiger partial charge in [0.15, 0.2) is 5.58 Å². The predicted octanol–water partition coefficient (Wildman–Crippen LogP) is 2.78. The summed E-state index contributed by atoms with van der Waals surface area (Å²) in [4.78, 5) is 10.8. The van der Waals surface area contributed by atoms with E-state index in [-0.39, 0.29) is 11.4 Å². The topological polar surface area (TPSA) is 76.5 Å². The molecule has 0 aliphatic carbocycles. The van der Waals surface area contributed by atoms with E-state index in [1.165, 1.54) is 0 Å². The summed E-state index contributed by atoms with van der Waals surface area (Å²) in [6, 6.07) is 3.64. The fourth-order valence-electron chi connectivity index (χ4n) is 1.47. The number of aryl methyl sites for hydroxylation is 1. The van der Waals surface area contributed by atoms with Crippen molar-refractivity contribution in [2.45, 2.75) is 6.92 Å². The monoisotopic (exact) mass is 269 g/mol. The zero-order chi connectivity index (χ0) is 11.2. The van der Waals surface area contributed by atoms with Gasteiger partial charge in [0.1, 0.15) is 0 Å². The van der Waals surface area contributed by atoms with Crippen molar-refractivity contribution in [3.05, 3.63) is 27.9 Å². The van der Waals surface area contributed by atoms with Gasteiger partial charge in [-0.1, -0.05) is 0 Å². The molecule has 0 spiro atoms. The first-order valence-electron chi connectivity index (χ1n) is 4.22. The lowest BCUT2D eigenvalue weighted by Crippen LogP contribution is -1.98. The van der Waals surface area contributed by atoms with Gasteiger partial charge in [0.05, 0.1) is 10.2 Å². The number of carbonyl (C=O) groups is 1. The van der Waals surface area contributed by atoms with Gasteiger partial charge in [0.25, 0.3) is 0 Å². The number of carboxylic acid groups (broad SMARTS) is 1. The van der Waals surface area contributed by atoms with Gasteiger partial charge in [0, 0.05) is 5.39 Å². The minimum absolute atomic E-state index is 0.168. The number of nitrogens with two attached hydrogens (primary N) is 1. The molecule has 0 bridgehead atoms. The van der Waals surface area contributed by atoms with Gasteiger partial charge in [-0.05, 0) is 40.5 Å². The Morgan fingerprint density at radius 1 is 1.53 bits per heavy atom. The molecule has 78 valence electrons. The van der Waals surface area contributed by atoms with Crippen molar-refractivity contribution in [1.29, 1.82) is 0 Å². The molecule has 1 aromatic heterocycles. The van der Waals surface area contributed by atoms with Crippen LogP contribution in [0.15, 0.2) is 21.0 Å². The maximum Gasteiger partial charge on any atom is 0.374 e. The predicted molar refractivity (Wildman–Crippen MR) is 60.0 cm³/mol. The molecule has 0 fully saturated rings. The molecule has 5 heteroatoms. The highest BCUT2D eigenvalue weighted by Gasteiger charge is 2.19. The van der Waals surface area contributed by atoms with Crippen LogP contribution in [-0.4, -0.2) is 11.1 Å². The number of fused-ring (bicyclic) bond motifs is 1. The molecule has 2 rings (SSSR count). The van der Waals surface area contributed by atoms with Crippen LogP contribution in [0.5, 0.6) is 0 Å². The molecule has 0 radical (unpaired) electrons. The van der Waals surface area contributed by atoms with Gasteiger partial charge in [-0.3, -0.25) is 0 Å². The molecule has 0 atom stereocenters. The number of benzene rings is 1. The summed E-state index contributed by atoms with van der Waals surface area (Å²) in [6.07, 6.45) is 0. The molecule has 1 aromatic carbocycles. The van der Waals surface area contributed by atoms with E-state index in [0.29, 0.717) is 15.4 Å². The molecule has 0 aliphatic rings. The van der Waals surface area contributed by atoms with Crippen LogP contribution in [0.2, 0.25) is 0 Å². The summed E-state index contributed by atoms with van der Waals surface area (Å²) in [6.45, 7) is 1.90. The van der Waals surface area contributed by atoms with Crippen LogP contribution in [-0.2, 0) is 0 Å². The quantitative estimate of drug-likeness (QED) is 0.835. The standard InChI is InChI=1S/C10H8BrNO3/c1-4-2-5-7(12)9(10(13)14)15-8(5)6(11)3-4/h2-3H,12H2,1H3,(H,13,14). The SMILES string of the molecule is Cc1cc(Br)c2oc(C(=O)O)c(N)c2c1. The molecule has 2 aromatic rings. The first kappa shape index (κ1) is 10.0. The Bertz CT molecular complexity index is 559. The molecule has 1 heterocycles. The van der Waals surface area contributed by atoms with E-state index < -0.39 is 5.97 Å². The van der Waals surface area contributed by atoms with E-state index in [4.69, 9.17) is 15.3 Å². The first-order chi connectivity index (χ1) is 7.00. The van der Waals surface area contributed by atoms with Crippen LogP contribution >= 0.6 is 15.9 Å². The lowest BCUT2D eigenvalue weighted by Gasteiger charge is -1.95. The minimum atomic E-state index is -1.16. The smallest absolute Gasteiger partial charge is 0.374 e. The second-order valence-corrected chi connectivity index (χ2v) is 4.13. The average molecular weight is 270 g/mol. The molecule has 0 aliphatic heterocycles. The molecule has 15 heavy (non-hydrogen) atoms. The van der Waals surface area contributed by atoms with E-state index in [1.807, 2.05) is 13.0 Å². The number of nitrogen functional groups attached to an aromatic ring is 1. The first-order valence-corrected chi connectivity index (χ1v) is 5.01. The fourth-order valence-corrected chi connectivity index (χ4v) is 2.13. The van der Waals surface area contributed by atoms with Crippen molar-refractivity contribution in [2.75, 3.05) is 5.73 Å². The van der Waals surface area contributed by atoms with Crippen molar-refractivity contribution < 1.29 is 14.3 Å². The van der Waals surface area contributed by atoms with Gasteiger partial charge in [0.2, 0.25) is 5.76 Å². The lowest BCUT2D eigenvalue weighted by molar-refractivity contribution is 0.0666. The molecule has 0 saturated heterocycles. The summed E-state index contributed by atoms with van der Waals surface area (Å²) >= 11 is 3.30. The third-order valence-electron chi connectivity index (χ3n) is 2.12. The van der Waals surface area contributed by atoms with E-state index in [1.54, 1.807) is 6.07 Å². The molecule has 3 N–H and O–H groups in total. The number of halogens is 1. The van der Waals surface area contributed by atoms with Crippen LogP contribution in [0.1, 0.15) is 16.1 Å². The molecule has 0 amide bonds. The van der Waals surface area contributed by atoms with E-state index >= 15 is 0 Å². The lowest BCUT2D eigenvalue weighted by atomic mass is 10.1. The Hall–Kier alpha value is -1.49. The van der Waals surface area contributed by atoms with Crippen LogP contribution in [0.4, 0.5) is 5.69 Å². The zero-order valence-electron chi connectivity index (χ0n) is 7.87. The maximum atomic E-state index is 10.8. The largest absolute Gasteiger partial charge is 0.475 e. The Morgan fingerprint density at radius 3 is 2.80 bits per heavy atom. The van der Waals surface area contributed by atoms with Crippen molar-refractivity contribution in [1.82, 2.24) is 0 Å². The highest BCUT2D eigenvalue weighted by atomic mass is 79.9. The van der Waals surface area contributed by atoms with Crippen molar-refractivity contribution in [2.24, 2.45) is 0 Å². The van der Waals surface area contributed by atoms with Crippen LogP contribution < -0.4 is 5.73 Å². The van der Waals surface area contributed by atoms with Crippen LogP contribution in [0.25, 0.3) is 11.0 Å². The highest BCUT2D eigenvalue weighted by Crippen LogP contribution is 2.34. The van der Waals surface area contributed by atoms with Gasteiger partial charge >= 0.3 is 5.97 Å². The summed E-state index contributed by atoms with van der Waals surface area (Å²) in [5.41, 5.74) is 7.30. The van der Waals surface area contributed by atoms with Crippen molar-refractivity contribution in [3.63, 3.8) is 0 Å². The third kappa shape index (κ3) is 1.48. The van der Waals surface area contributed by atoms with Crippen LogP contribution in [0, 0.1) is 6.92 Å². The van der Waals surface area contributed by atoms with Gasteiger partial charge in [-0.2, -0.15) is 0 Å². The Morgan fingerprint density at radius 2 is 2.20 bits per heavy atom. The Kier molecular flexibility index (Phi) is 2.19. The Balaban J connectivity index is 2.88. The summed E-state index contributed by atoms with van der Waals surface area (Å²) in [5, 5.41) is 9.46. The molecule has 0 unspecified atom stereocenters. The Labute approximate surface area is 93.8 Å². The number of furan rings is 1. The number of aromatic carboxylic acids is 1. The summed E-state index contributed by atoms with van der Waals surface area (Å²) in [7, 11) is 0.